The minimum Gasteiger partial charge on any atom is -0.496 e. The number of hydrogen-bond donors (Lipinski definition) is 0. The second kappa shape index (κ2) is 7.44. The number of nitrogens with zero attached hydrogens (tertiary/aromatic N) is 5. The summed E-state index contributed by atoms with van der Waals surface area (Å²) >= 11 is 1.79. The molecule has 29 heavy (non-hydrogen) atoms. The predicted octanol–water partition coefficient (Wildman–Crippen LogP) is 4.02. The third-order valence-corrected chi connectivity index (χ3v) is 6.44. The van der Waals surface area contributed by atoms with E-state index in [2.05, 4.69) is 22.2 Å². The molecule has 8 heteroatoms. The molecule has 0 bridgehead atoms. The molecule has 0 spiro atoms. The molecule has 1 aliphatic carbocycles. The summed E-state index contributed by atoms with van der Waals surface area (Å²) in [6.07, 6.45) is 6.79. The summed E-state index contributed by atoms with van der Waals surface area (Å²) in [5.41, 5.74) is 3.10. The molecule has 5 rings (SSSR count). The van der Waals surface area contributed by atoms with Crippen molar-refractivity contribution in [1.82, 2.24) is 19.6 Å². The molecule has 1 aliphatic rings. The number of rotatable bonds is 5. The van der Waals surface area contributed by atoms with E-state index in [1.807, 2.05) is 24.3 Å². The Bertz CT molecular complexity index is 1210. The number of thiophene rings is 1. The molecule has 7 nitrogen and oxygen atoms in total. The molecule has 0 radical (unpaired) electrons. The van der Waals surface area contributed by atoms with Gasteiger partial charge in [0.15, 0.2) is 18.1 Å². The Hall–Kier alpha value is -3.00. The van der Waals surface area contributed by atoms with E-state index in [9.17, 15) is 0 Å². The first kappa shape index (κ1) is 18.1. The molecule has 0 N–H and O–H groups in total. The third-order valence-electron chi connectivity index (χ3n) is 5.28. The zero-order valence-electron chi connectivity index (χ0n) is 16.3. The lowest BCUT2D eigenvalue weighted by atomic mass is 9.89. The maximum absolute atomic E-state index is 5.43. The average Bonchev–Trinajstić information content (AvgIpc) is 3.31. The summed E-state index contributed by atoms with van der Waals surface area (Å²) in [6.45, 7) is 2.51. The summed E-state index contributed by atoms with van der Waals surface area (Å²) in [5, 5.41) is 9.70. The van der Waals surface area contributed by atoms with Crippen LogP contribution in [0.25, 0.3) is 15.9 Å². The van der Waals surface area contributed by atoms with Crippen LogP contribution in [0.5, 0.6) is 5.75 Å². The molecule has 3 heterocycles. The van der Waals surface area contributed by atoms with Gasteiger partial charge in [-0.1, -0.05) is 24.2 Å². The fourth-order valence-corrected chi connectivity index (χ4v) is 5.15. The minimum atomic E-state index is 0.193. The van der Waals surface area contributed by atoms with Crippen molar-refractivity contribution in [1.29, 1.82) is 0 Å². The van der Waals surface area contributed by atoms with Crippen LogP contribution in [-0.2, 0) is 24.3 Å². The third kappa shape index (κ3) is 3.33. The molecular formula is C21H21N5O2S. The second-order valence-electron chi connectivity index (χ2n) is 7.32. The Morgan fingerprint density at radius 1 is 1.34 bits per heavy atom. The van der Waals surface area contributed by atoms with Crippen LogP contribution in [0.3, 0.4) is 0 Å². The van der Waals surface area contributed by atoms with Crippen LogP contribution in [0.2, 0.25) is 0 Å². The van der Waals surface area contributed by atoms with Crippen molar-refractivity contribution in [2.45, 2.75) is 32.8 Å². The smallest absolute Gasteiger partial charge is 0.192 e. The maximum atomic E-state index is 5.43. The molecule has 1 aromatic carbocycles. The van der Waals surface area contributed by atoms with Gasteiger partial charge in [-0.25, -0.2) is 14.5 Å². The molecular weight excluding hydrogens is 386 g/mol. The quantitative estimate of drug-likeness (QED) is 0.369. The van der Waals surface area contributed by atoms with Crippen LogP contribution < -0.4 is 4.74 Å². The number of para-hydroxylation sites is 1. The molecule has 0 unspecified atom stereocenters. The number of aromatic nitrogens is 4. The van der Waals surface area contributed by atoms with E-state index in [1.165, 1.54) is 16.9 Å². The van der Waals surface area contributed by atoms with Gasteiger partial charge in [-0.15, -0.1) is 16.4 Å². The van der Waals surface area contributed by atoms with E-state index < -0.39 is 0 Å². The first-order valence-electron chi connectivity index (χ1n) is 9.66. The molecule has 1 atom stereocenters. The highest BCUT2D eigenvalue weighted by atomic mass is 32.1. The van der Waals surface area contributed by atoms with Gasteiger partial charge in [0.05, 0.1) is 18.7 Å². The van der Waals surface area contributed by atoms with Crippen molar-refractivity contribution < 1.29 is 9.57 Å². The first-order valence-corrected chi connectivity index (χ1v) is 10.5. The number of hydrogen-bond acceptors (Lipinski definition) is 7. The maximum Gasteiger partial charge on any atom is 0.192 e. The fraction of sp³-hybridized carbons (Fsp3) is 0.333. The number of aryl methyl sites for hydroxylation is 1. The summed E-state index contributed by atoms with van der Waals surface area (Å²) < 4.78 is 7.05. The number of oxime groups is 1. The SMILES string of the molecule is COc1ccccc1/C=N\OCc1nc2c3c4c(sc3ncn2n1)C[C@@H](C)CC4. The molecule has 3 aromatic heterocycles. The van der Waals surface area contributed by atoms with Crippen LogP contribution in [0.4, 0.5) is 0 Å². The second-order valence-corrected chi connectivity index (χ2v) is 8.41. The topological polar surface area (TPSA) is 73.9 Å². The van der Waals surface area contributed by atoms with Crippen LogP contribution >= 0.6 is 11.3 Å². The molecule has 0 amide bonds. The van der Waals surface area contributed by atoms with Crippen molar-refractivity contribution in [3.63, 3.8) is 0 Å². The van der Waals surface area contributed by atoms with Crippen molar-refractivity contribution in [2.24, 2.45) is 11.1 Å². The Morgan fingerprint density at radius 2 is 2.24 bits per heavy atom. The van der Waals surface area contributed by atoms with E-state index in [0.29, 0.717) is 5.82 Å². The monoisotopic (exact) mass is 407 g/mol. The van der Waals surface area contributed by atoms with Crippen LogP contribution in [0.1, 0.15) is 35.2 Å². The zero-order chi connectivity index (χ0) is 19.8. The van der Waals surface area contributed by atoms with Gasteiger partial charge in [-0.2, -0.15) is 0 Å². The summed E-state index contributed by atoms with van der Waals surface area (Å²) in [5.74, 6) is 2.06. The zero-order valence-corrected chi connectivity index (χ0v) is 17.1. The van der Waals surface area contributed by atoms with Crippen molar-refractivity contribution in [3.8, 4) is 5.75 Å². The van der Waals surface area contributed by atoms with Gasteiger partial charge >= 0.3 is 0 Å². The highest BCUT2D eigenvalue weighted by molar-refractivity contribution is 7.19. The number of ether oxygens (including phenoxy) is 1. The van der Waals surface area contributed by atoms with Crippen LogP contribution in [0.15, 0.2) is 35.7 Å². The lowest BCUT2D eigenvalue weighted by molar-refractivity contribution is 0.126. The first-order chi connectivity index (χ1) is 14.2. The van der Waals surface area contributed by atoms with Gasteiger partial charge in [-0.3, -0.25) is 0 Å². The Morgan fingerprint density at radius 3 is 3.14 bits per heavy atom. The molecule has 4 aromatic rings. The Labute approximate surface area is 172 Å². The normalized spacial score (nSPS) is 16.6. The largest absolute Gasteiger partial charge is 0.496 e. The lowest BCUT2D eigenvalue weighted by Gasteiger charge is -2.17. The van der Waals surface area contributed by atoms with Crippen molar-refractivity contribution >= 4 is 33.4 Å². The molecule has 148 valence electrons. The number of methoxy groups -OCH3 is 1. The van der Waals surface area contributed by atoms with Gasteiger partial charge in [0.25, 0.3) is 0 Å². The van der Waals surface area contributed by atoms with Gasteiger partial charge in [0.1, 0.15) is 16.9 Å². The summed E-state index contributed by atoms with van der Waals surface area (Å²) in [7, 11) is 1.63. The van der Waals surface area contributed by atoms with E-state index in [0.717, 1.165) is 45.9 Å². The van der Waals surface area contributed by atoms with Gasteiger partial charge in [0.2, 0.25) is 0 Å². The average molecular weight is 407 g/mol. The van der Waals surface area contributed by atoms with Gasteiger partial charge < -0.3 is 9.57 Å². The molecule has 0 fully saturated rings. The fourth-order valence-electron chi connectivity index (χ4n) is 3.81. The van der Waals surface area contributed by atoms with E-state index in [4.69, 9.17) is 14.6 Å². The van der Waals surface area contributed by atoms with E-state index in [-0.39, 0.29) is 6.61 Å². The highest BCUT2D eigenvalue weighted by Crippen LogP contribution is 2.38. The predicted molar refractivity (Wildman–Crippen MR) is 113 cm³/mol. The summed E-state index contributed by atoms with van der Waals surface area (Å²) in [4.78, 5) is 17.2. The molecule has 0 saturated carbocycles. The highest BCUT2D eigenvalue weighted by Gasteiger charge is 2.23. The number of fused-ring (bicyclic) bond motifs is 5. The molecule has 0 saturated heterocycles. The Kier molecular flexibility index (Phi) is 4.63. The summed E-state index contributed by atoms with van der Waals surface area (Å²) in [6, 6.07) is 7.63. The minimum absolute atomic E-state index is 0.193. The van der Waals surface area contributed by atoms with E-state index in [1.54, 1.807) is 35.5 Å². The number of benzene rings is 1. The standard InChI is InChI=1S/C21H21N5O2S/c1-13-7-8-15-17(9-13)29-21-19(15)20-24-18(25-26(20)12-22-21)11-28-23-10-14-5-3-4-6-16(14)27-2/h3-6,10,12-13H,7-9,11H2,1-2H3/b23-10-/t13-/m0/s1. The van der Waals surface area contributed by atoms with E-state index >= 15 is 0 Å². The van der Waals surface area contributed by atoms with Crippen LogP contribution in [0, 0.1) is 5.92 Å². The van der Waals surface area contributed by atoms with Crippen molar-refractivity contribution in [2.75, 3.05) is 7.11 Å². The molecule has 0 aliphatic heterocycles. The Balaban J connectivity index is 1.39. The van der Waals surface area contributed by atoms with Gasteiger partial charge in [-0.05, 0) is 42.9 Å². The van der Waals surface area contributed by atoms with Gasteiger partial charge in [0, 0.05) is 10.4 Å². The lowest BCUT2D eigenvalue weighted by Crippen LogP contribution is -2.08. The van der Waals surface area contributed by atoms with Crippen molar-refractivity contribution in [3.05, 3.63) is 52.4 Å². The van der Waals surface area contributed by atoms with Crippen LogP contribution in [-0.4, -0.2) is 32.9 Å².